The predicted octanol–water partition coefficient (Wildman–Crippen LogP) is 6.19. The standard InChI is InChI=1S/C20H25ClNO3PS/c1-14(2)25-19-10-16(15-5-7-17(21)8-6-15)9-18(11-19)22(3)26(23,24-4)12-20-13-27-20/h5-11,14,20H,12-13H2,1-4H3. The van der Waals surface area contributed by atoms with Gasteiger partial charge in [0.25, 0.3) is 7.52 Å². The molecule has 0 radical (unpaired) electrons. The normalized spacial score (nSPS) is 18.2. The second kappa shape index (κ2) is 8.48. The lowest BCUT2D eigenvalue weighted by Crippen LogP contribution is -2.19. The molecule has 0 amide bonds. The van der Waals surface area contributed by atoms with Crippen LogP contribution in [0.4, 0.5) is 5.69 Å². The van der Waals surface area contributed by atoms with E-state index in [-0.39, 0.29) is 6.10 Å². The molecule has 1 aliphatic heterocycles. The van der Waals surface area contributed by atoms with Crippen LogP contribution in [0, 0.1) is 0 Å². The summed E-state index contributed by atoms with van der Waals surface area (Å²) in [4.78, 5) is 0. The van der Waals surface area contributed by atoms with Gasteiger partial charge in [0.1, 0.15) is 5.75 Å². The van der Waals surface area contributed by atoms with Crippen LogP contribution < -0.4 is 9.41 Å². The van der Waals surface area contributed by atoms with E-state index in [2.05, 4.69) is 0 Å². The fraction of sp³-hybridized carbons (Fsp3) is 0.400. The van der Waals surface area contributed by atoms with Gasteiger partial charge >= 0.3 is 0 Å². The van der Waals surface area contributed by atoms with Crippen molar-refractivity contribution in [1.82, 2.24) is 0 Å². The summed E-state index contributed by atoms with van der Waals surface area (Å²) in [6, 6.07) is 13.6. The zero-order valence-electron chi connectivity index (χ0n) is 16.0. The largest absolute Gasteiger partial charge is 0.491 e. The summed E-state index contributed by atoms with van der Waals surface area (Å²) in [5, 5.41) is 1.11. The highest BCUT2D eigenvalue weighted by atomic mass is 35.5. The topological polar surface area (TPSA) is 38.8 Å². The molecule has 0 spiro atoms. The Morgan fingerprint density at radius 1 is 1.22 bits per heavy atom. The van der Waals surface area contributed by atoms with E-state index in [4.69, 9.17) is 20.9 Å². The van der Waals surface area contributed by atoms with Crippen LogP contribution in [0.25, 0.3) is 11.1 Å². The summed E-state index contributed by atoms with van der Waals surface area (Å²) in [6.45, 7) is 3.98. The number of rotatable bonds is 8. The molecular formula is C20H25ClNO3PS. The molecule has 27 heavy (non-hydrogen) atoms. The Morgan fingerprint density at radius 3 is 2.44 bits per heavy atom. The molecule has 2 aromatic rings. The first kappa shape index (κ1) is 20.6. The van der Waals surface area contributed by atoms with Gasteiger partial charge in [0.2, 0.25) is 0 Å². The Labute approximate surface area is 170 Å². The molecule has 0 saturated carbocycles. The molecule has 0 aromatic heterocycles. The van der Waals surface area contributed by atoms with Gasteiger partial charge in [-0.25, -0.2) is 0 Å². The fourth-order valence-electron chi connectivity index (χ4n) is 2.85. The smallest absolute Gasteiger partial charge is 0.296 e. The van der Waals surface area contributed by atoms with Gasteiger partial charge in [-0.1, -0.05) is 23.7 Å². The monoisotopic (exact) mass is 425 g/mol. The molecule has 2 atom stereocenters. The molecule has 146 valence electrons. The molecule has 4 nitrogen and oxygen atoms in total. The number of hydrogen-bond acceptors (Lipinski definition) is 4. The second-order valence-corrected chi connectivity index (χ2v) is 11.2. The highest BCUT2D eigenvalue weighted by Gasteiger charge is 2.37. The van der Waals surface area contributed by atoms with Crippen molar-refractivity contribution in [3.8, 4) is 16.9 Å². The third-order valence-electron chi connectivity index (χ3n) is 4.39. The van der Waals surface area contributed by atoms with E-state index in [1.165, 1.54) is 7.11 Å². The van der Waals surface area contributed by atoms with E-state index < -0.39 is 7.52 Å². The molecule has 0 aliphatic carbocycles. The lowest BCUT2D eigenvalue weighted by atomic mass is 10.0. The first-order chi connectivity index (χ1) is 12.8. The summed E-state index contributed by atoms with van der Waals surface area (Å²) in [5.41, 5.74) is 2.82. The third kappa shape index (κ3) is 5.23. The van der Waals surface area contributed by atoms with Gasteiger partial charge in [0.15, 0.2) is 0 Å². The maximum absolute atomic E-state index is 13.4. The van der Waals surface area contributed by atoms with Gasteiger partial charge in [-0.3, -0.25) is 4.57 Å². The molecule has 0 bridgehead atoms. The quantitative estimate of drug-likeness (QED) is 0.372. The van der Waals surface area contributed by atoms with Crippen LogP contribution in [0.2, 0.25) is 5.02 Å². The lowest BCUT2D eigenvalue weighted by Gasteiger charge is -2.29. The van der Waals surface area contributed by atoms with E-state index in [1.54, 1.807) is 4.67 Å². The molecule has 2 aromatic carbocycles. The van der Waals surface area contributed by atoms with Crippen LogP contribution >= 0.6 is 30.9 Å². The summed E-state index contributed by atoms with van der Waals surface area (Å²) in [5.74, 6) is 1.79. The van der Waals surface area contributed by atoms with Crippen molar-refractivity contribution in [1.29, 1.82) is 0 Å². The number of nitrogens with zero attached hydrogens (tertiary/aromatic N) is 1. The molecule has 2 unspecified atom stereocenters. The van der Waals surface area contributed by atoms with Gasteiger partial charge in [-0.15, -0.1) is 0 Å². The van der Waals surface area contributed by atoms with Crippen LogP contribution in [0.1, 0.15) is 13.8 Å². The summed E-state index contributed by atoms with van der Waals surface area (Å²) in [7, 11) is 0.413. The van der Waals surface area contributed by atoms with Crippen LogP contribution in [-0.2, 0) is 9.09 Å². The predicted molar refractivity (Wildman–Crippen MR) is 117 cm³/mol. The van der Waals surface area contributed by atoms with Crippen LogP contribution in [0.5, 0.6) is 5.75 Å². The van der Waals surface area contributed by atoms with Crippen molar-refractivity contribution in [2.24, 2.45) is 0 Å². The minimum absolute atomic E-state index is 0.0423. The maximum atomic E-state index is 13.4. The van der Waals surface area contributed by atoms with Gasteiger partial charge in [0, 0.05) is 41.9 Å². The Kier molecular flexibility index (Phi) is 6.47. The highest BCUT2D eigenvalue weighted by Crippen LogP contribution is 2.56. The Bertz CT molecular complexity index is 840. The number of anilines is 1. The van der Waals surface area contributed by atoms with E-state index in [0.717, 1.165) is 28.3 Å². The number of halogens is 1. The SMILES string of the molecule is COP(=O)(CC1CS1)N(C)c1cc(OC(C)C)cc(-c2ccc(Cl)cc2)c1. The second-order valence-electron chi connectivity index (χ2n) is 6.87. The highest BCUT2D eigenvalue weighted by molar-refractivity contribution is 8.07. The van der Waals surface area contributed by atoms with Gasteiger partial charge in [0.05, 0.1) is 12.3 Å². The third-order valence-corrected chi connectivity index (χ3v) is 8.48. The van der Waals surface area contributed by atoms with Crippen LogP contribution in [0.15, 0.2) is 42.5 Å². The number of ether oxygens (including phenoxy) is 1. The first-order valence-electron chi connectivity index (χ1n) is 8.89. The van der Waals surface area contributed by atoms with Crippen molar-refractivity contribution >= 4 is 36.6 Å². The minimum Gasteiger partial charge on any atom is -0.491 e. The average molecular weight is 426 g/mol. The van der Waals surface area contributed by atoms with Crippen molar-refractivity contribution < 1.29 is 13.8 Å². The summed E-state index contributed by atoms with van der Waals surface area (Å²) < 4.78 is 26.6. The zero-order chi connectivity index (χ0) is 19.6. The molecule has 1 heterocycles. The van der Waals surface area contributed by atoms with E-state index >= 15 is 0 Å². The Balaban J connectivity index is 2.00. The molecule has 1 fully saturated rings. The average Bonchev–Trinajstić information content (AvgIpc) is 3.44. The molecule has 1 saturated heterocycles. The van der Waals surface area contributed by atoms with Crippen LogP contribution in [-0.4, -0.2) is 37.4 Å². The first-order valence-corrected chi connectivity index (χ1v) is 12.1. The Hall–Kier alpha value is -1.13. The van der Waals surface area contributed by atoms with Gasteiger partial charge < -0.3 is 13.9 Å². The Morgan fingerprint density at radius 2 is 1.89 bits per heavy atom. The molecule has 0 N–H and O–H groups in total. The number of benzene rings is 2. The van der Waals surface area contributed by atoms with E-state index in [1.807, 2.05) is 75.1 Å². The van der Waals surface area contributed by atoms with Crippen LogP contribution in [0.3, 0.4) is 0 Å². The maximum Gasteiger partial charge on any atom is 0.296 e. The van der Waals surface area contributed by atoms with Crippen molar-refractivity contribution in [3.63, 3.8) is 0 Å². The molecular weight excluding hydrogens is 401 g/mol. The molecule has 3 rings (SSSR count). The van der Waals surface area contributed by atoms with E-state index in [9.17, 15) is 4.57 Å². The number of thioether (sulfide) groups is 1. The fourth-order valence-corrected chi connectivity index (χ4v) is 6.14. The van der Waals surface area contributed by atoms with Crippen molar-refractivity contribution in [3.05, 3.63) is 47.5 Å². The minimum atomic E-state index is -2.94. The van der Waals surface area contributed by atoms with Crippen molar-refractivity contribution in [2.75, 3.05) is 30.7 Å². The van der Waals surface area contributed by atoms with E-state index in [0.29, 0.717) is 16.4 Å². The van der Waals surface area contributed by atoms with Gasteiger partial charge in [-0.05, 0) is 49.2 Å². The lowest BCUT2D eigenvalue weighted by molar-refractivity contribution is 0.242. The zero-order valence-corrected chi connectivity index (χ0v) is 18.5. The molecule has 1 aliphatic rings. The van der Waals surface area contributed by atoms with Gasteiger partial charge in [-0.2, -0.15) is 11.8 Å². The summed E-state index contributed by atoms with van der Waals surface area (Å²) >= 11 is 7.85. The number of hydrogen-bond donors (Lipinski definition) is 0. The van der Waals surface area contributed by atoms with Crippen molar-refractivity contribution in [2.45, 2.75) is 25.2 Å². The molecule has 7 heteroatoms. The summed E-state index contributed by atoms with van der Waals surface area (Å²) in [6.07, 6.45) is 0.594.